The van der Waals surface area contributed by atoms with Gasteiger partial charge in [-0.15, -0.1) is 0 Å². The van der Waals surface area contributed by atoms with E-state index in [1.54, 1.807) is 36.7 Å². The molecule has 1 N–H and O–H groups in total. The molecule has 0 saturated carbocycles. The van der Waals surface area contributed by atoms with Crippen LogP contribution in [0.2, 0.25) is 0 Å². The lowest BCUT2D eigenvalue weighted by Gasteiger charge is -2.04. The summed E-state index contributed by atoms with van der Waals surface area (Å²) in [5.74, 6) is 0.813. The first-order chi connectivity index (χ1) is 14.1. The fourth-order valence-electron chi connectivity index (χ4n) is 2.97. The van der Waals surface area contributed by atoms with Gasteiger partial charge in [-0.1, -0.05) is 38.1 Å². The normalized spacial score (nSPS) is 11.4. The average Bonchev–Trinajstić information content (AvgIpc) is 3.17. The Labute approximate surface area is 169 Å². The van der Waals surface area contributed by atoms with Crippen molar-refractivity contribution in [1.82, 2.24) is 9.97 Å². The maximum Gasteiger partial charge on any atom is 0.248 e. The number of anilines is 1. The molecule has 2 aromatic carbocycles. The van der Waals surface area contributed by atoms with Crippen molar-refractivity contribution in [2.24, 2.45) is 0 Å². The lowest BCUT2D eigenvalue weighted by Crippen LogP contribution is -2.07. The van der Waals surface area contributed by atoms with E-state index in [2.05, 4.69) is 41.3 Å². The molecule has 0 spiro atoms. The number of hydrogen-bond donors (Lipinski definition) is 1. The predicted octanol–water partition coefficient (Wildman–Crippen LogP) is 5.67. The van der Waals surface area contributed by atoms with Crippen LogP contribution >= 0.6 is 0 Å². The number of benzene rings is 2. The minimum absolute atomic E-state index is 0.199. The zero-order valence-electron chi connectivity index (χ0n) is 16.3. The number of aromatic nitrogens is 2. The van der Waals surface area contributed by atoms with Gasteiger partial charge in [0.1, 0.15) is 5.52 Å². The Morgan fingerprint density at radius 2 is 1.79 bits per heavy atom. The van der Waals surface area contributed by atoms with Crippen LogP contribution in [-0.2, 0) is 4.79 Å². The second-order valence-corrected chi connectivity index (χ2v) is 7.08. The van der Waals surface area contributed by atoms with Gasteiger partial charge in [-0.2, -0.15) is 0 Å². The van der Waals surface area contributed by atoms with E-state index in [0.29, 0.717) is 28.6 Å². The fraction of sp³-hybridized carbons (Fsp3) is 0.125. The SMILES string of the molecule is CC(C)c1ccc(C=CC(=O)Nc2ccc3oc(-c4ccncc4)nc3c2)cc1. The van der Waals surface area contributed by atoms with Gasteiger partial charge in [0.2, 0.25) is 11.8 Å². The van der Waals surface area contributed by atoms with Crippen LogP contribution in [0.25, 0.3) is 28.6 Å². The highest BCUT2D eigenvalue weighted by Gasteiger charge is 2.09. The molecule has 0 fully saturated rings. The first-order valence-electron chi connectivity index (χ1n) is 9.48. The van der Waals surface area contributed by atoms with E-state index >= 15 is 0 Å². The lowest BCUT2D eigenvalue weighted by atomic mass is 10.0. The van der Waals surface area contributed by atoms with Gasteiger partial charge in [0.15, 0.2) is 5.58 Å². The Hall–Kier alpha value is -3.73. The number of carbonyl (C=O) groups excluding carboxylic acids is 1. The molecular weight excluding hydrogens is 362 g/mol. The van der Waals surface area contributed by atoms with Gasteiger partial charge < -0.3 is 9.73 Å². The highest BCUT2D eigenvalue weighted by atomic mass is 16.3. The van der Waals surface area contributed by atoms with Gasteiger partial charge in [-0.25, -0.2) is 4.98 Å². The van der Waals surface area contributed by atoms with Crippen LogP contribution in [0.5, 0.6) is 0 Å². The Balaban J connectivity index is 1.46. The topological polar surface area (TPSA) is 68.0 Å². The molecule has 0 aliphatic rings. The highest BCUT2D eigenvalue weighted by Crippen LogP contribution is 2.25. The third kappa shape index (κ3) is 4.41. The molecule has 29 heavy (non-hydrogen) atoms. The summed E-state index contributed by atoms with van der Waals surface area (Å²) in [6.07, 6.45) is 6.71. The number of amides is 1. The maximum absolute atomic E-state index is 12.3. The molecular formula is C24H21N3O2. The second kappa shape index (κ2) is 8.10. The van der Waals surface area contributed by atoms with Crippen LogP contribution in [0.4, 0.5) is 5.69 Å². The minimum Gasteiger partial charge on any atom is -0.436 e. The summed E-state index contributed by atoms with van der Waals surface area (Å²) in [6, 6.07) is 17.3. The van der Waals surface area contributed by atoms with Crippen molar-refractivity contribution in [2.45, 2.75) is 19.8 Å². The van der Waals surface area contributed by atoms with Crippen molar-refractivity contribution in [3.63, 3.8) is 0 Å². The number of pyridine rings is 1. The zero-order chi connectivity index (χ0) is 20.2. The number of rotatable bonds is 5. The smallest absolute Gasteiger partial charge is 0.248 e. The van der Waals surface area contributed by atoms with E-state index in [4.69, 9.17) is 4.42 Å². The van der Waals surface area contributed by atoms with E-state index in [1.807, 2.05) is 24.3 Å². The van der Waals surface area contributed by atoms with E-state index in [0.717, 1.165) is 11.1 Å². The van der Waals surface area contributed by atoms with E-state index in [9.17, 15) is 4.79 Å². The third-order valence-corrected chi connectivity index (χ3v) is 4.61. The second-order valence-electron chi connectivity index (χ2n) is 7.08. The molecule has 0 atom stereocenters. The van der Waals surface area contributed by atoms with Crippen molar-refractivity contribution < 1.29 is 9.21 Å². The minimum atomic E-state index is -0.199. The standard InChI is InChI=1S/C24H21N3O2/c1-16(2)18-6-3-17(4-7-18)5-10-23(28)26-20-8-9-22-21(15-20)27-24(29-22)19-11-13-25-14-12-19/h3-16H,1-2H3,(H,26,28). The van der Waals surface area contributed by atoms with Crippen molar-refractivity contribution in [1.29, 1.82) is 0 Å². The van der Waals surface area contributed by atoms with E-state index < -0.39 is 0 Å². The van der Waals surface area contributed by atoms with Crippen molar-refractivity contribution in [2.75, 3.05) is 5.32 Å². The molecule has 0 saturated heterocycles. The van der Waals surface area contributed by atoms with Gasteiger partial charge in [0, 0.05) is 29.7 Å². The van der Waals surface area contributed by atoms with Crippen LogP contribution in [0.1, 0.15) is 30.9 Å². The lowest BCUT2D eigenvalue weighted by molar-refractivity contribution is -0.111. The van der Waals surface area contributed by atoms with Gasteiger partial charge in [-0.05, 0) is 53.5 Å². The zero-order valence-corrected chi connectivity index (χ0v) is 16.3. The quantitative estimate of drug-likeness (QED) is 0.451. The molecule has 2 aromatic heterocycles. The third-order valence-electron chi connectivity index (χ3n) is 4.61. The van der Waals surface area contributed by atoms with E-state index in [-0.39, 0.29) is 5.91 Å². The van der Waals surface area contributed by atoms with Gasteiger partial charge in [0.05, 0.1) is 0 Å². The number of fused-ring (bicyclic) bond motifs is 1. The molecule has 144 valence electrons. The van der Waals surface area contributed by atoms with Gasteiger partial charge >= 0.3 is 0 Å². The summed E-state index contributed by atoms with van der Waals surface area (Å²) < 4.78 is 5.78. The molecule has 1 amide bonds. The molecule has 0 radical (unpaired) electrons. The number of oxazole rings is 1. The first-order valence-corrected chi connectivity index (χ1v) is 9.48. The number of nitrogens with one attached hydrogen (secondary N) is 1. The molecule has 5 nitrogen and oxygen atoms in total. The number of carbonyl (C=O) groups is 1. The summed E-state index contributed by atoms with van der Waals surface area (Å²) in [7, 11) is 0. The monoisotopic (exact) mass is 383 g/mol. The van der Waals surface area contributed by atoms with Crippen LogP contribution in [0.15, 0.2) is 77.5 Å². The number of hydrogen-bond acceptors (Lipinski definition) is 4. The Morgan fingerprint density at radius 1 is 1.03 bits per heavy atom. The fourth-order valence-corrected chi connectivity index (χ4v) is 2.97. The molecule has 2 heterocycles. The molecule has 0 bridgehead atoms. The van der Waals surface area contributed by atoms with Gasteiger partial charge in [-0.3, -0.25) is 9.78 Å². The van der Waals surface area contributed by atoms with Crippen molar-refractivity contribution >= 4 is 28.8 Å². The van der Waals surface area contributed by atoms with Crippen LogP contribution in [-0.4, -0.2) is 15.9 Å². The summed E-state index contributed by atoms with van der Waals surface area (Å²) >= 11 is 0. The summed E-state index contributed by atoms with van der Waals surface area (Å²) in [6.45, 7) is 4.31. The molecule has 0 aliphatic carbocycles. The molecule has 5 heteroatoms. The van der Waals surface area contributed by atoms with Crippen molar-refractivity contribution in [3.05, 3.63) is 84.2 Å². The summed E-state index contributed by atoms with van der Waals surface area (Å²) in [4.78, 5) is 20.8. The average molecular weight is 383 g/mol. The van der Waals surface area contributed by atoms with Crippen molar-refractivity contribution in [3.8, 4) is 11.5 Å². The van der Waals surface area contributed by atoms with E-state index in [1.165, 1.54) is 11.6 Å². The Kier molecular flexibility index (Phi) is 5.20. The highest BCUT2D eigenvalue weighted by molar-refractivity contribution is 6.02. The Bertz CT molecular complexity index is 1160. The predicted molar refractivity (Wildman–Crippen MR) is 115 cm³/mol. The molecule has 4 aromatic rings. The molecule has 0 unspecified atom stereocenters. The first kappa shape index (κ1) is 18.6. The largest absolute Gasteiger partial charge is 0.436 e. The molecule has 4 rings (SSSR count). The molecule has 0 aliphatic heterocycles. The summed E-state index contributed by atoms with van der Waals surface area (Å²) in [5.41, 5.74) is 5.13. The number of nitrogens with zero attached hydrogens (tertiary/aromatic N) is 2. The maximum atomic E-state index is 12.3. The summed E-state index contributed by atoms with van der Waals surface area (Å²) in [5, 5.41) is 2.87. The van der Waals surface area contributed by atoms with Crippen LogP contribution in [0, 0.1) is 0 Å². The van der Waals surface area contributed by atoms with Crippen LogP contribution < -0.4 is 5.32 Å². The van der Waals surface area contributed by atoms with Gasteiger partial charge in [0.25, 0.3) is 0 Å². The Morgan fingerprint density at radius 3 is 2.52 bits per heavy atom. The van der Waals surface area contributed by atoms with Crippen LogP contribution in [0.3, 0.4) is 0 Å².